The highest BCUT2D eigenvalue weighted by Crippen LogP contribution is 2.30. The number of esters is 1. The minimum atomic E-state index is -0.503. The van der Waals surface area contributed by atoms with Gasteiger partial charge in [0.15, 0.2) is 5.78 Å². The van der Waals surface area contributed by atoms with Crippen LogP contribution in [0, 0.1) is 0 Å². The first kappa shape index (κ1) is 19.9. The fourth-order valence-corrected chi connectivity index (χ4v) is 2.63. The predicted octanol–water partition coefficient (Wildman–Crippen LogP) is 3.95. The van der Waals surface area contributed by atoms with Gasteiger partial charge in [0.25, 0.3) is 0 Å². The van der Waals surface area contributed by atoms with Gasteiger partial charge in [0, 0.05) is 23.6 Å². The Hall–Kier alpha value is -3.41. The van der Waals surface area contributed by atoms with Gasteiger partial charge in [-0.25, -0.2) is 0 Å². The first-order valence-corrected chi connectivity index (χ1v) is 8.29. The summed E-state index contributed by atoms with van der Waals surface area (Å²) in [4.78, 5) is 29.4. The van der Waals surface area contributed by atoms with Gasteiger partial charge >= 0.3 is 5.97 Å². The minimum absolute atomic E-state index is 0.136. The van der Waals surface area contributed by atoms with Crippen LogP contribution in [-0.4, -0.2) is 29.7 Å². The number of allylic oxidation sites excluding steroid dienone is 1. The monoisotopic (exact) mass is 367 g/mol. The number of benzene rings is 2. The number of para-hydroxylation sites is 1. The van der Waals surface area contributed by atoms with Crippen LogP contribution < -0.4 is 4.74 Å². The fraction of sp³-hybridized carbons (Fsp3) is 0.190. The molecule has 140 valence electrons. The fourth-order valence-electron chi connectivity index (χ4n) is 2.63. The van der Waals surface area contributed by atoms with Crippen LogP contribution in [0.2, 0.25) is 0 Å². The highest BCUT2D eigenvalue weighted by molar-refractivity contribution is 6.17. The number of rotatable bonds is 6. The molecule has 0 aliphatic rings. The molecule has 6 nitrogen and oxygen atoms in total. The number of carbonyl (C=O) groups is 2. The van der Waals surface area contributed by atoms with Crippen molar-refractivity contribution in [1.82, 2.24) is 0 Å². The Labute approximate surface area is 157 Å². The van der Waals surface area contributed by atoms with E-state index in [1.807, 2.05) is 6.92 Å². The Morgan fingerprint density at radius 2 is 1.78 bits per heavy atom. The average Bonchev–Trinajstić information content (AvgIpc) is 2.62. The summed E-state index contributed by atoms with van der Waals surface area (Å²) in [6.07, 6.45) is 3.55. The van der Waals surface area contributed by atoms with Crippen LogP contribution in [0.25, 0.3) is 6.08 Å². The lowest BCUT2D eigenvalue weighted by Gasteiger charge is -2.14. The third kappa shape index (κ3) is 4.61. The van der Waals surface area contributed by atoms with E-state index in [-0.39, 0.29) is 22.6 Å². The van der Waals surface area contributed by atoms with Crippen molar-refractivity contribution in [2.45, 2.75) is 20.8 Å². The zero-order chi connectivity index (χ0) is 20.0. The number of nitrogens with zero attached hydrogens (tertiary/aromatic N) is 1. The second-order valence-corrected chi connectivity index (χ2v) is 5.73. The maximum Gasteiger partial charge on any atom is 0.308 e. The number of ketones is 1. The van der Waals surface area contributed by atoms with E-state index >= 15 is 0 Å². The van der Waals surface area contributed by atoms with E-state index in [2.05, 4.69) is 5.16 Å². The Morgan fingerprint density at radius 3 is 2.37 bits per heavy atom. The number of oxime groups is 1. The molecular weight excluding hydrogens is 346 g/mol. The molecule has 6 heteroatoms. The molecule has 2 aromatic rings. The first-order valence-electron chi connectivity index (χ1n) is 8.29. The standard InChI is InChI=1S/C21H21NO5/c1-5-8-15-11-17(13(2)22-26-4)18(12-20(15)27-14(3)23)21(25)16-9-6-7-10-19(16)24/h5-12,24H,1-4H3/b8-5+,22-13+. The van der Waals surface area contributed by atoms with Crippen molar-refractivity contribution < 1.29 is 24.3 Å². The van der Waals surface area contributed by atoms with Gasteiger partial charge in [-0.2, -0.15) is 0 Å². The first-order chi connectivity index (χ1) is 12.9. The van der Waals surface area contributed by atoms with Gasteiger partial charge in [-0.1, -0.05) is 29.4 Å². The van der Waals surface area contributed by atoms with Crippen LogP contribution in [0.15, 0.2) is 47.6 Å². The molecule has 2 aromatic carbocycles. The maximum atomic E-state index is 13.1. The molecule has 0 saturated carbocycles. The number of carbonyl (C=O) groups excluding carboxylic acids is 2. The summed E-state index contributed by atoms with van der Waals surface area (Å²) in [5, 5.41) is 14.0. The highest BCUT2D eigenvalue weighted by Gasteiger charge is 2.21. The van der Waals surface area contributed by atoms with Crippen molar-refractivity contribution in [3.63, 3.8) is 0 Å². The molecule has 1 N–H and O–H groups in total. The zero-order valence-corrected chi connectivity index (χ0v) is 15.6. The van der Waals surface area contributed by atoms with Crippen LogP contribution in [0.5, 0.6) is 11.5 Å². The lowest BCUT2D eigenvalue weighted by atomic mass is 9.93. The molecule has 0 atom stereocenters. The SMILES string of the molecule is C/C=C/c1cc(/C(C)=N/OC)c(C(=O)c2ccccc2O)cc1OC(C)=O. The number of aromatic hydroxyl groups is 1. The van der Waals surface area contributed by atoms with Gasteiger partial charge < -0.3 is 14.7 Å². The van der Waals surface area contributed by atoms with Crippen molar-refractivity contribution in [2.75, 3.05) is 7.11 Å². The number of hydrogen-bond donors (Lipinski definition) is 1. The largest absolute Gasteiger partial charge is 0.507 e. The molecule has 0 radical (unpaired) electrons. The normalized spacial score (nSPS) is 11.5. The zero-order valence-electron chi connectivity index (χ0n) is 15.6. The molecule has 0 saturated heterocycles. The number of phenolic OH excluding ortho intramolecular Hbond substituents is 1. The molecule has 0 fully saturated rings. The van der Waals surface area contributed by atoms with Crippen molar-refractivity contribution in [2.24, 2.45) is 5.16 Å². The molecule has 0 aliphatic carbocycles. The summed E-state index contributed by atoms with van der Waals surface area (Å²) in [7, 11) is 1.41. The molecule has 0 spiro atoms. The molecule has 0 heterocycles. The van der Waals surface area contributed by atoms with E-state index in [1.165, 1.54) is 32.2 Å². The topological polar surface area (TPSA) is 85.2 Å². The lowest BCUT2D eigenvalue weighted by Crippen LogP contribution is -2.12. The molecule has 2 rings (SSSR count). The maximum absolute atomic E-state index is 13.1. The van der Waals surface area contributed by atoms with E-state index in [0.717, 1.165) is 0 Å². The van der Waals surface area contributed by atoms with Gasteiger partial charge in [0.2, 0.25) is 0 Å². The van der Waals surface area contributed by atoms with Gasteiger partial charge in [0.1, 0.15) is 18.6 Å². The number of phenols is 1. The molecular formula is C21H21NO5. The summed E-state index contributed by atoms with van der Waals surface area (Å²) in [5.41, 5.74) is 1.96. The predicted molar refractivity (Wildman–Crippen MR) is 103 cm³/mol. The van der Waals surface area contributed by atoms with Gasteiger partial charge in [-0.05, 0) is 38.1 Å². The summed E-state index contributed by atoms with van der Waals surface area (Å²) in [5.74, 6) is -0.819. The Kier molecular flexibility index (Phi) is 6.49. The van der Waals surface area contributed by atoms with Crippen molar-refractivity contribution in [3.05, 3.63) is 64.7 Å². The van der Waals surface area contributed by atoms with Crippen LogP contribution in [0.1, 0.15) is 47.8 Å². The smallest absolute Gasteiger partial charge is 0.308 e. The van der Waals surface area contributed by atoms with Crippen LogP contribution in [0.4, 0.5) is 0 Å². The third-order valence-corrected chi connectivity index (χ3v) is 3.76. The van der Waals surface area contributed by atoms with Gasteiger partial charge in [0.05, 0.1) is 11.3 Å². The van der Waals surface area contributed by atoms with Gasteiger partial charge in [-0.3, -0.25) is 9.59 Å². The number of ether oxygens (including phenoxy) is 1. The van der Waals surface area contributed by atoms with Crippen LogP contribution in [-0.2, 0) is 9.63 Å². The molecule has 0 amide bonds. The van der Waals surface area contributed by atoms with Crippen LogP contribution in [0.3, 0.4) is 0 Å². The average molecular weight is 367 g/mol. The Morgan fingerprint density at radius 1 is 1.07 bits per heavy atom. The Balaban J connectivity index is 2.75. The van der Waals surface area contributed by atoms with Crippen molar-refractivity contribution in [1.29, 1.82) is 0 Å². The second kappa shape index (κ2) is 8.80. The molecule has 0 unspecified atom stereocenters. The second-order valence-electron chi connectivity index (χ2n) is 5.73. The Bertz CT molecular complexity index is 928. The van der Waals surface area contributed by atoms with E-state index in [9.17, 15) is 14.7 Å². The van der Waals surface area contributed by atoms with Gasteiger partial charge in [-0.15, -0.1) is 0 Å². The molecule has 27 heavy (non-hydrogen) atoms. The lowest BCUT2D eigenvalue weighted by molar-refractivity contribution is -0.131. The third-order valence-electron chi connectivity index (χ3n) is 3.76. The minimum Gasteiger partial charge on any atom is -0.507 e. The summed E-state index contributed by atoms with van der Waals surface area (Å²) < 4.78 is 5.27. The molecule has 0 bridgehead atoms. The number of hydrogen-bond acceptors (Lipinski definition) is 6. The van der Waals surface area contributed by atoms with Crippen molar-refractivity contribution >= 4 is 23.5 Å². The van der Waals surface area contributed by atoms with E-state index in [1.54, 1.807) is 37.3 Å². The summed E-state index contributed by atoms with van der Waals surface area (Å²) in [6, 6.07) is 9.42. The molecule has 0 aromatic heterocycles. The van der Waals surface area contributed by atoms with E-state index < -0.39 is 11.8 Å². The van der Waals surface area contributed by atoms with E-state index in [4.69, 9.17) is 9.57 Å². The van der Waals surface area contributed by atoms with Crippen LogP contribution >= 0.6 is 0 Å². The molecule has 0 aliphatic heterocycles. The highest BCUT2D eigenvalue weighted by atomic mass is 16.6. The van der Waals surface area contributed by atoms with Crippen molar-refractivity contribution in [3.8, 4) is 11.5 Å². The summed E-state index contributed by atoms with van der Waals surface area (Å²) >= 11 is 0. The summed E-state index contributed by atoms with van der Waals surface area (Å²) in [6.45, 7) is 4.81. The van der Waals surface area contributed by atoms with E-state index in [0.29, 0.717) is 16.8 Å². The quantitative estimate of drug-likeness (QED) is 0.275.